The maximum atomic E-state index is 13.0. The van der Waals surface area contributed by atoms with Crippen molar-refractivity contribution in [2.75, 3.05) is 28.4 Å². The van der Waals surface area contributed by atoms with Gasteiger partial charge < -0.3 is 39.4 Å². The van der Waals surface area contributed by atoms with Crippen molar-refractivity contribution in [1.29, 1.82) is 0 Å². The molecule has 0 spiro atoms. The number of methoxy groups -OCH3 is 4. The standard InChI is InChI=1S/C92H120O8/c1-85(2,3)69-37-53-29-54-38-70(86(4,5)6)40-56(78(54)94)31-58-42-72(88(10,11)12)44-60(80(58)96)33-62-46-74(90(16,17)18)48-64(82(62)98-26)35-66-50-76(92(22,23)24)52-68(84(66)100-28)36-67-51-75(91(19,20)21)49-65(83(67)99-27)34-63-47-73(89(13,14)15)45-61(81(63)97-25)32-59-43-71(87(7,8)9)41-57(79(59)95)30-55(39-69)77(53)93/h37-52,93-96H,29-36H2,1-28H3. The predicted molar refractivity (Wildman–Crippen MR) is 416 cm³/mol. The average Bonchev–Trinajstić information content (AvgIpc) is 0.769. The van der Waals surface area contributed by atoms with E-state index in [9.17, 15) is 20.4 Å². The fourth-order valence-electron chi connectivity index (χ4n) is 14.3. The van der Waals surface area contributed by atoms with Crippen LogP contribution in [-0.4, -0.2) is 48.9 Å². The molecule has 1 aliphatic rings. The molecule has 8 nitrogen and oxygen atoms in total. The number of phenols is 4. The highest BCUT2D eigenvalue weighted by Gasteiger charge is 2.32. The number of ether oxygens (including phenoxy) is 4. The van der Waals surface area contributed by atoms with Crippen molar-refractivity contribution in [3.63, 3.8) is 0 Å². The predicted octanol–water partition coefficient (Wildman–Crippen LogP) is 22.0. The Morgan fingerprint density at radius 3 is 0.370 bits per heavy atom. The average molecular weight is 1350 g/mol. The largest absolute Gasteiger partial charge is 0.507 e. The Morgan fingerprint density at radius 1 is 0.180 bits per heavy atom. The summed E-state index contributed by atoms with van der Waals surface area (Å²) in [5.74, 6) is 3.72. The van der Waals surface area contributed by atoms with Gasteiger partial charge in [-0.3, -0.25) is 0 Å². The van der Waals surface area contributed by atoms with Gasteiger partial charge in [0.05, 0.1) is 28.4 Å². The summed E-state index contributed by atoms with van der Waals surface area (Å²) in [6.07, 6.45) is 2.98. The summed E-state index contributed by atoms with van der Waals surface area (Å²) in [5.41, 5.74) is 20.3. The lowest BCUT2D eigenvalue weighted by molar-refractivity contribution is 0.396. The zero-order valence-electron chi connectivity index (χ0n) is 66.3. The number of benzene rings is 8. The Morgan fingerprint density at radius 2 is 0.270 bits per heavy atom. The first-order valence-corrected chi connectivity index (χ1v) is 36.2. The smallest absolute Gasteiger partial charge is 0.125 e. The molecular weight excluding hydrogens is 1230 g/mol. The van der Waals surface area contributed by atoms with Gasteiger partial charge >= 0.3 is 0 Å². The molecule has 1 aliphatic carbocycles. The minimum Gasteiger partial charge on any atom is -0.507 e. The zero-order chi connectivity index (χ0) is 74.3. The van der Waals surface area contributed by atoms with Crippen molar-refractivity contribution < 1.29 is 39.4 Å². The molecule has 0 aromatic heterocycles. The van der Waals surface area contributed by atoms with E-state index in [1.807, 2.05) is 0 Å². The van der Waals surface area contributed by atoms with Gasteiger partial charge in [-0.25, -0.2) is 0 Å². The van der Waals surface area contributed by atoms with Gasteiger partial charge in [0.2, 0.25) is 0 Å². The minimum absolute atomic E-state index is 0.123. The van der Waals surface area contributed by atoms with Crippen LogP contribution in [0.1, 0.15) is 300 Å². The van der Waals surface area contributed by atoms with E-state index in [-0.39, 0.29) is 85.6 Å². The second kappa shape index (κ2) is 27.5. The van der Waals surface area contributed by atoms with E-state index in [1.165, 1.54) is 11.1 Å². The Labute approximate surface area is 602 Å². The lowest BCUT2D eigenvalue weighted by atomic mass is 9.79. The monoisotopic (exact) mass is 1350 g/mol. The third-order valence-electron chi connectivity index (χ3n) is 20.8. The van der Waals surface area contributed by atoms with E-state index in [2.05, 4.69) is 263 Å². The van der Waals surface area contributed by atoms with Crippen LogP contribution < -0.4 is 18.9 Å². The molecular formula is C92H120O8. The van der Waals surface area contributed by atoms with Crippen LogP contribution >= 0.6 is 0 Å². The molecule has 536 valence electrons. The molecule has 0 fully saturated rings. The van der Waals surface area contributed by atoms with Crippen LogP contribution in [0.15, 0.2) is 97.1 Å². The van der Waals surface area contributed by atoms with Crippen LogP contribution in [0, 0.1) is 0 Å². The summed E-state index contributed by atoms with van der Waals surface area (Å²) in [4.78, 5) is 0. The molecule has 0 radical (unpaired) electrons. The Bertz CT molecular complexity index is 4120. The second-order valence-electron chi connectivity index (χ2n) is 37.3. The highest BCUT2D eigenvalue weighted by Crippen LogP contribution is 2.47. The van der Waals surface area contributed by atoms with Gasteiger partial charge in [-0.2, -0.15) is 0 Å². The SMILES string of the molecule is COc1c2cc(C(C)(C)C)cc1Cc1cc(C(C)(C)C)cc(c1OC)Cc1cc(C(C)(C)C)cc(c1OC)Cc1cc(C(C)(C)C)cc(c1OC)Cc1cc(C(C)(C)C)cc(c1O)Cc1cc(C(C)(C)C)cc(c1O)Cc1cc(C(C)(C)C)cc(c1O)Cc1cc(C(C)(C)C)cc(c1O)C2. The van der Waals surface area contributed by atoms with Crippen LogP contribution in [0.3, 0.4) is 0 Å². The maximum Gasteiger partial charge on any atom is 0.125 e. The van der Waals surface area contributed by atoms with Gasteiger partial charge in [0, 0.05) is 51.4 Å². The molecule has 8 aromatic carbocycles. The van der Waals surface area contributed by atoms with E-state index in [0.717, 1.165) is 112 Å². The van der Waals surface area contributed by atoms with E-state index in [1.54, 1.807) is 28.4 Å². The molecule has 8 aromatic rings. The molecule has 4 N–H and O–H groups in total. The van der Waals surface area contributed by atoms with Gasteiger partial charge in [0.15, 0.2) is 0 Å². The Hall–Kier alpha value is -7.84. The van der Waals surface area contributed by atoms with Crippen molar-refractivity contribution in [1.82, 2.24) is 0 Å². The summed E-state index contributed by atoms with van der Waals surface area (Å²) in [6, 6.07) is 35.3. The number of fused-ring (bicyclic) bond motifs is 16. The highest BCUT2D eigenvalue weighted by molar-refractivity contribution is 5.63. The molecule has 0 aliphatic heterocycles. The molecule has 0 unspecified atom stereocenters. The van der Waals surface area contributed by atoms with Crippen LogP contribution in [0.25, 0.3) is 0 Å². The van der Waals surface area contributed by atoms with E-state index < -0.39 is 0 Å². The fraction of sp³-hybridized carbons (Fsp3) is 0.478. The number of rotatable bonds is 4. The molecule has 0 saturated carbocycles. The lowest BCUT2D eigenvalue weighted by Gasteiger charge is -2.28. The molecule has 0 amide bonds. The van der Waals surface area contributed by atoms with Crippen molar-refractivity contribution >= 4 is 0 Å². The lowest BCUT2D eigenvalue weighted by Crippen LogP contribution is -2.16. The maximum absolute atomic E-state index is 13.0. The third kappa shape index (κ3) is 16.5. The topological polar surface area (TPSA) is 118 Å². The van der Waals surface area contributed by atoms with Crippen molar-refractivity contribution in [2.45, 2.75) is 261 Å². The first-order valence-electron chi connectivity index (χ1n) is 36.2. The Balaban J connectivity index is 1.38. The first kappa shape index (κ1) is 76.3. The van der Waals surface area contributed by atoms with Gasteiger partial charge in [-0.05, 0) is 177 Å². The van der Waals surface area contributed by atoms with Crippen LogP contribution in [0.4, 0.5) is 0 Å². The third-order valence-corrected chi connectivity index (χ3v) is 20.8. The zero-order valence-corrected chi connectivity index (χ0v) is 66.3. The van der Waals surface area contributed by atoms with Gasteiger partial charge in [-0.15, -0.1) is 0 Å². The van der Waals surface area contributed by atoms with Crippen LogP contribution in [0.5, 0.6) is 46.0 Å². The van der Waals surface area contributed by atoms with Crippen LogP contribution in [0.2, 0.25) is 0 Å². The first-order chi connectivity index (χ1) is 46.0. The summed E-state index contributed by atoms with van der Waals surface area (Å²) >= 11 is 0. The van der Waals surface area contributed by atoms with Gasteiger partial charge in [0.25, 0.3) is 0 Å². The van der Waals surface area contributed by atoms with Crippen molar-refractivity contribution in [3.8, 4) is 46.0 Å². The van der Waals surface area contributed by atoms with Crippen LogP contribution in [-0.2, 0) is 94.7 Å². The number of hydrogen-bond acceptors (Lipinski definition) is 8. The normalized spacial score (nSPS) is 14.0. The Kier molecular flexibility index (Phi) is 21.0. The van der Waals surface area contributed by atoms with Crippen molar-refractivity contribution in [3.05, 3.63) is 231 Å². The molecule has 9 rings (SSSR count). The van der Waals surface area contributed by atoms with E-state index >= 15 is 0 Å². The van der Waals surface area contributed by atoms with Crippen molar-refractivity contribution in [2.24, 2.45) is 0 Å². The molecule has 16 bridgehead atoms. The summed E-state index contributed by atoms with van der Waals surface area (Å²) in [6.45, 7) is 53.4. The molecule has 0 heterocycles. The summed E-state index contributed by atoms with van der Waals surface area (Å²) < 4.78 is 26.7. The summed E-state index contributed by atoms with van der Waals surface area (Å²) in [7, 11) is 7.09. The van der Waals surface area contributed by atoms with E-state index in [4.69, 9.17) is 18.9 Å². The van der Waals surface area contributed by atoms with Gasteiger partial charge in [0.1, 0.15) is 46.0 Å². The van der Waals surface area contributed by atoms with E-state index in [0.29, 0.717) is 65.5 Å². The fourth-order valence-corrected chi connectivity index (χ4v) is 14.3. The molecule has 0 saturated heterocycles. The second-order valence-corrected chi connectivity index (χ2v) is 37.3. The van der Waals surface area contributed by atoms with Gasteiger partial charge in [-0.1, -0.05) is 263 Å². The molecule has 0 atom stereocenters. The molecule has 100 heavy (non-hydrogen) atoms. The number of phenolic OH excluding ortho intramolecular Hbond substituents is 4. The summed E-state index contributed by atoms with van der Waals surface area (Å²) in [5, 5.41) is 51.8. The number of aromatic hydroxyl groups is 4. The minimum atomic E-state index is -0.332. The highest BCUT2D eigenvalue weighted by atomic mass is 16.5. The quantitative estimate of drug-likeness (QED) is 0.138. The molecule has 8 heteroatoms. The number of hydrogen-bond donors (Lipinski definition) is 4.